The molecule has 0 radical (unpaired) electrons. The summed E-state index contributed by atoms with van der Waals surface area (Å²) in [6.07, 6.45) is 11.7. The molecular formula is C10H15N. The fourth-order valence-corrected chi connectivity index (χ4v) is 1.15. The van der Waals surface area contributed by atoms with Crippen LogP contribution >= 0.6 is 0 Å². The van der Waals surface area contributed by atoms with Crippen LogP contribution in [0, 0.1) is 0 Å². The van der Waals surface area contributed by atoms with Gasteiger partial charge in [-0.25, -0.2) is 0 Å². The van der Waals surface area contributed by atoms with Crippen molar-refractivity contribution in [2.45, 2.75) is 6.42 Å². The molecule has 0 spiro atoms. The predicted octanol–water partition coefficient (Wildman–Crippen LogP) is 1.99. The lowest BCUT2D eigenvalue weighted by Crippen LogP contribution is -2.14. The first-order chi connectivity index (χ1) is 5.29. The number of nitrogens with zero attached hydrogens (tertiary/aromatic N) is 1. The van der Waals surface area contributed by atoms with Crippen molar-refractivity contribution in [1.29, 1.82) is 0 Å². The molecule has 0 amide bonds. The maximum absolute atomic E-state index is 2.19. The molecule has 11 heavy (non-hydrogen) atoms. The van der Waals surface area contributed by atoms with Crippen molar-refractivity contribution in [3.8, 4) is 0 Å². The zero-order valence-corrected chi connectivity index (χ0v) is 7.25. The highest BCUT2D eigenvalue weighted by atomic mass is 15.0. The summed E-state index contributed by atoms with van der Waals surface area (Å²) in [5, 5.41) is 0. The minimum atomic E-state index is 1.06. The molecule has 0 bridgehead atoms. The number of hydrogen-bond acceptors (Lipinski definition) is 1. The Morgan fingerprint density at radius 1 is 1.27 bits per heavy atom. The zero-order valence-electron chi connectivity index (χ0n) is 7.25. The minimum absolute atomic E-state index is 1.06. The Balaban J connectivity index is 2.51. The first kappa shape index (κ1) is 8.28. The first-order valence-electron chi connectivity index (χ1n) is 3.95. The van der Waals surface area contributed by atoms with E-state index >= 15 is 0 Å². The van der Waals surface area contributed by atoms with Crippen LogP contribution in [0.2, 0.25) is 0 Å². The zero-order chi connectivity index (χ0) is 8.10. The summed E-state index contributed by atoms with van der Waals surface area (Å²) >= 11 is 0. The number of likely N-dealkylation sites (N-methyl/N-ethyl adjacent to an activating group) is 1. The molecule has 0 atom stereocenters. The van der Waals surface area contributed by atoms with Gasteiger partial charge in [-0.05, 0) is 20.5 Å². The van der Waals surface area contributed by atoms with Gasteiger partial charge in [-0.15, -0.1) is 0 Å². The maximum atomic E-state index is 2.19. The van der Waals surface area contributed by atoms with Gasteiger partial charge in [0.15, 0.2) is 0 Å². The lowest BCUT2D eigenvalue weighted by molar-refractivity contribution is 0.442. The van der Waals surface area contributed by atoms with Gasteiger partial charge in [0, 0.05) is 6.54 Å². The number of allylic oxidation sites excluding steroid dienone is 5. The molecule has 0 saturated carbocycles. The van der Waals surface area contributed by atoms with Crippen LogP contribution in [0.15, 0.2) is 36.0 Å². The van der Waals surface area contributed by atoms with E-state index in [0.717, 1.165) is 13.0 Å². The molecule has 1 aliphatic rings. The van der Waals surface area contributed by atoms with Crippen molar-refractivity contribution in [2.24, 2.45) is 0 Å². The summed E-state index contributed by atoms with van der Waals surface area (Å²) in [7, 11) is 4.19. The second kappa shape index (κ2) is 4.14. The first-order valence-corrected chi connectivity index (χ1v) is 3.95. The molecule has 0 aromatic heterocycles. The molecule has 0 heterocycles. The Morgan fingerprint density at radius 2 is 2.09 bits per heavy atom. The molecule has 60 valence electrons. The summed E-state index contributed by atoms with van der Waals surface area (Å²) in [5.41, 5.74) is 1.47. The van der Waals surface area contributed by atoms with Crippen LogP contribution in [0.25, 0.3) is 0 Å². The van der Waals surface area contributed by atoms with Crippen LogP contribution in [0.1, 0.15) is 6.42 Å². The molecule has 0 fully saturated rings. The van der Waals surface area contributed by atoms with Crippen molar-refractivity contribution in [2.75, 3.05) is 20.6 Å². The van der Waals surface area contributed by atoms with Crippen LogP contribution in [-0.4, -0.2) is 25.5 Å². The van der Waals surface area contributed by atoms with Crippen molar-refractivity contribution >= 4 is 0 Å². The van der Waals surface area contributed by atoms with E-state index in [9.17, 15) is 0 Å². The van der Waals surface area contributed by atoms with Crippen LogP contribution in [-0.2, 0) is 0 Å². The Morgan fingerprint density at radius 3 is 2.82 bits per heavy atom. The average molecular weight is 149 g/mol. The second-order valence-corrected chi connectivity index (χ2v) is 3.08. The Kier molecular flexibility index (Phi) is 3.12. The molecule has 1 nitrogen and oxygen atoms in total. The van der Waals surface area contributed by atoms with Gasteiger partial charge >= 0.3 is 0 Å². The van der Waals surface area contributed by atoms with Crippen LogP contribution in [0.4, 0.5) is 0 Å². The van der Waals surface area contributed by atoms with E-state index in [2.05, 4.69) is 49.4 Å². The molecule has 0 aliphatic heterocycles. The average Bonchev–Trinajstić information content (AvgIpc) is 2.14. The van der Waals surface area contributed by atoms with E-state index in [-0.39, 0.29) is 0 Å². The lowest BCUT2D eigenvalue weighted by Gasteiger charge is -2.10. The van der Waals surface area contributed by atoms with Gasteiger partial charge < -0.3 is 4.90 Å². The summed E-state index contributed by atoms with van der Waals surface area (Å²) < 4.78 is 0. The molecule has 1 aliphatic carbocycles. The van der Waals surface area contributed by atoms with Gasteiger partial charge in [0.2, 0.25) is 0 Å². The van der Waals surface area contributed by atoms with Gasteiger partial charge in [-0.1, -0.05) is 36.0 Å². The molecule has 1 rings (SSSR count). The lowest BCUT2D eigenvalue weighted by atomic mass is 10.2. The van der Waals surface area contributed by atoms with E-state index in [0.29, 0.717) is 0 Å². The number of rotatable bonds is 2. The van der Waals surface area contributed by atoms with Crippen LogP contribution in [0.5, 0.6) is 0 Å². The number of hydrogen-bond donors (Lipinski definition) is 0. The molecule has 1 heteroatoms. The quantitative estimate of drug-likeness (QED) is 0.580. The normalized spacial score (nSPS) is 16.8. The van der Waals surface area contributed by atoms with E-state index in [4.69, 9.17) is 0 Å². The maximum Gasteiger partial charge on any atom is 0.0193 e. The predicted molar refractivity (Wildman–Crippen MR) is 49.5 cm³/mol. The third-order valence-corrected chi connectivity index (χ3v) is 1.59. The SMILES string of the molecule is CN(C)CC1=CC=CC=CC1. The van der Waals surface area contributed by atoms with E-state index in [1.807, 2.05) is 0 Å². The standard InChI is InChI=1S/C10H15N/c1-11(2)9-10-7-5-3-4-6-8-10/h3-7H,8-9H2,1-2H3. The van der Waals surface area contributed by atoms with E-state index in [1.54, 1.807) is 0 Å². The Hall–Kier alpha value is -0.820. The summed E-state index contributed by atoms with van der Waals surface area (Å²) in [5.74, 6) is 0. The third-order valence-electron chi connectivity index (χ3n) is 1.59. The largest absolute Gasteiger partial charge is 0.305 e. The van der Waals surface area contributed by atoms with Crippen molar-refractivity contribution in [3.05, 3.63) is 36.0 Å². The fourth-order valence-electron chi connectivity index (χ4n) is 1.15. The van der Waals surface area contributed by atoms with Gasteiger partial charge in [0.05, 0.1) is 0 Å². The molecule has 0 unspecified atom stereocenters. The summed E-state index contributed by atoms with van der Waals surface area (Å²) in [4.78, 5) is 2.19. The third kappa shape index (κ3) is 3.19. The van der Waals surface area contributed by atoms with Gasteiger partial charge in [-0.3, -0.25) is 0 Å². The van der Waals surface area contributed by atoms with Crippen LogP contribution in [0.3, 0.4) is 0 Å². The van der Waals surface area contributed by atoms with Crippen molar-refractivity contribution in [1.82, 2.24) is 4.90 Å². The molecule has 0 aromatic rings. The smallest absolute Gasteiger partial charge is 0.0193 e. The fraction of sp³-hybridized carbons (Fsp3) is 0.400. The van der Waals surface area contributed by atoms with Crippen LogP contribution < -0.4 is 0 Å². The van der Waals surface area contributed by atoms with Crippen molar-refractivity contribution in [3.63, 3.8) is 0 Å². The molecular weight excluding hydrogens is 134 g/mol. The second-order valence-electron chi connectivity index (χ2n) is 3.08. The molecule has 0 saturated heterocycles. The highest BCUT2D eigenvalue weighted by Crippen LogP contribution is 2.07. The Bertz CT molecular complexity index is 197. The highest BCUT2D eigenvalue weighted by molar-refractivity contribution is 5.23. The van der Waals surface area contributed by atoms with E-state index in [1.165, 1.54) is 5.57 Å². The molecule has 0 N–H and O–H groups in total. The highest BCUT2D eigenvalue weighted by Gasteiger charge is 1.96. The summed E-state index contributed by atoms with van der Waals surface area (Å²) in [6.45, 7) is 1.06. The van der Waals surface area contributed by atoms with Gasteiger partial charge in [0.25, 0.3) is 0 Å². The van der Waals surface area contributed by atoms with E-state index < -0.39 is 0 Å². The summed E-state index contributed by atoms with van der Waals surface area (Å²) in [6, 6.07) is 0. The van der Waals surface area contributed by atoms with Gasteiger partial charge in [-0.2, -0.15) is 0 Å². The Labute approximate surface area is 68.7 Å². The minimum Gasteiger partial charge on any atom is -0.305 e. The van der Waals surface area contributed by atoms with Gasteiger partial charge in [0.1, 0.15) is 0 Å². The monoisotopic (exact) mass is 149 g/mol. The topological polar surface area (TPSA) is 3.24 Å². The molecule has 0 aromatic carbocycles. The van der Waals surface area contributed by atoms with Crippen molar-refractivity contribution < 1.29 is 0 Å².